The monoisotopic (exact) mass is 277 g/mol. The summed E-state index contributed by atoms with van der Waals surface area (Å²) < 4.78 is 15.0. The lowest BCUT2D eigenvalue weighted by Gasteiger charge is -2.03. The Kier molecular flexibility index (Phi) is 9.98. The molecule has 0 fully saturated rings. The normalized spacial score (nSPS) is 10.4. The number of nitrogens with one attached hydrogen (secondary N) is 1. The highest BCUT2D eigenvalue weighted by atomic mass is 35.5. The first-order valence-corrected chi connectivity index (χ1v) is 6.70. The van der Waals surface area contributed by atoms with Crippen molar-refractivity contribution in [2.45, 2.75) is 59.0 Å². The topological polar surface area (TPSA) is 29.9 Å². The van der Waals surface area contributed by atoms with E-state index in [9.17, 15) is 4.39 Å². The van der Waals surface area contributed by atoms with Crippen LogP contribution in [-0.4, -0.2) is 16.3 Å². The summed E-state index contributed by atoms with van der Waals surface area (Å²) in [5, 5.41) is 7.24. The Balaban J connectivity index is 0.00000289. The number of rotatable bonds is 9. The summed E-state index contributed by atoms with van der Waals surface area (Å²) in [6, 6.07) is 0. The smallest absolute Gasteiger partial charge is 0.215 e. The second kappa shape index (κ2) is 10.3. The first-order chi connectivity index (χ1) is 8.29. The fourth-order valence-electron chi connectivity index (χ4n) is 1.82. The van der Waals surface area contributed by atoms with Crippen LogP contribution < -0.4 is 5.32 Å². The molecule has 0 spiro atoms. The van der Waals surface area contributed by atoms with Gasteiger partial charge in [0.25, 0.3) is 0 Å². The van der Waals surface area contributed by atoms with Crippen molar-refractivity contribution < 1.29 is 4.39 Å². The Labute approximate surface area is 116 Å². The molecule has 0 amide bonds. The summed E-state index contributed by atoms with van der Waals surface area (Å²) in [5.74, 6) is -0.203. The molecule has 1 aromatic heterocycles. The molecular weight excluding hydrogens is 253 g/mol. The van der Waals surface area contributed by atoms with Gasteiger partial charge in [-0.2, -0.15) is 9.49 Å². The molecule has 0 radical (unpaired) electrons. The standard InChI is InChI=1S/C13H24FN3.ClH/c1-3-5-6-7-8-9-15-10-12-11-16-17(4-2)13(12)14;/h11,15H,3-10H2,1-2H3;1H. The van der Waals surface area contributed by atoms with Crippen LogP contribution in [0.5, 0.6) is 0 Å². The Morgan fingerprint density at radius 1 is 1.22 bits per heavy atom. The number of aromatic nitrogens is 2. The van der Waals surface area contributed by atoms with Gasteiger partial charge < -0.3 is 5.32 Å². The third-order valence-electron chi connectivity index (χ3n) is 2.92. The summed E-state index contributed by atoms with van der Waals surface area (Å²) in [4.78, 5) is 0. The molecule has 1 aromatic rings. The molecule has 1 heterocycles. The van der Waals surface area contributed by atoms with E-state index in [1.807, 2.05) is 6.92 Å². The van der Waals surface area contributed by atoms with E-state index in [0.29, 0.717) is 18.7 Å². The van der Waals surface area contributed by atoms with Gasteiger partial charge in [-0.1, -0.05) is 32.6 Å². The minimum absolute atomic E-state index is 0. The summed E-state index contributed by atoms with van der Waals surface area (Å²) in [6.45, 7) is 6.23. The number of halogens is 2. The van der Waals surface area contributed by atoms with E-state index >= 15 is 0 Å². The molecule has 0 aliphatic carbocycles. The van der Waals surface area contributed by atoms with Crippen LogP contribution in [0, 0.1) is 5.95 Å². The van der Waals surface area contributed by atoms with Gasteiger partial charge in [-0.15, -0.1) is 12.4 Å². The Morgan fingerprint density at radius 2 is 1.94 bits per heavy atom. The van der Waals surface area contributed by atoms with Crippen LogP contribution >= 0.6 is 12.4 Å². The fraction of sp³-hybridized carbons (Fsp3) is 0.769. The number of nitrogens with zero attached hydrogens (tertiary/aromatic N) is 2. The van der Waals surface area contributed by atoms with Crippen molar-refractivity contribution in [1.82, 2.24) is 15.1 Å². The van der Waals surface area contributed by atoms with Crippen LogP contribution in [0.2, 0.25) is 0 Å². The van der Waals surface area contributed by atoms with E-state index in [-0.39, 0.29) is 18.4 Å². The van der Waals surface area contributed by atoms with Gasteiger partial charge in [-0.3, -0.25) is 0 Å². The quantitative estimate of drug-likeness (QED) is 0.700. The van der Waals surface area contributed by atoms with Crippen LogP contribution in [0.1, 0.15) is 51.5 Å². The molecule has 0 bridgehead atoms. The molecule has 0 aromatic carbocycles. The lowest BCUT2D eigenvalue weighted by Crippen LogP contribution is -2.15. The Morgan fingerprint density at radius 3 is 2.56 bits per heavy atom. The molecule has 3 nitrogen and oxygen atoms in total. The number of unbranched alkanes of at least 4 members (excludes halogenated alkanes) is 4. The van der Waals surface area contributed by atoms with E-state index < -0.39 is 0 Å². The molecule has 18 heavy (non-hydrogen) atoms. The van der Waals surface area contributed by atoms with Crippen LogP contribution in [0.15, 0.2) is 6.20 Å². The molecule has 5 heteroatoms. The third-order valence-corrected chi connectivity index (χ3v) is 2.92. The van der Waals surface area contributed by atoms with Crippen LogP contribution in [-0.2, 0) is 13.1 Å². The maximum atomic E-state index is 13.6. The van der Waals surface area contributed by atoms with Crippen molar-refractivity contribution in [3.63, 3.8) is 0 Å². The molecule has 0 atom stereocenters. The predicted octanol–water partition coefficient (Wildman–Crippen LogP) is 3.52. The lowest BCUT2D eigenvalue weighted by molar-refractivity contribution is 0.459. The van der Waals surface area contributed by atoms with E-state index in [2.05, 4.69) is 17.3 Å². The molecule has 106 valence electrons. The van der Waals surface area contributed by atoms with Crippen LogP contribution in [0.25, 0.3) is 0 Å². The summed E-state index contributed by atoms with van der Waals surface area (Å²) >= 11 is 0. The maximum Gasteiger partial charge on any atom is 0.215 e. The maximum absolute atomic E-state index is 13.6. The van der Waals surface area contributed by atoms with Crippen molar-refractivity contribution in [3.8, 4) is 0 Å². The van der Waals surface area contributed by atoms with Gasteiger partial charge in [-0.05, 0) is 19.9 Å². The van der Waals surface area contributed by atoms with Crippen LogP contribution in [0.3, 0.4) is 0 Å². The molecule has 0 aliphatic heterocycles. The number of aryl methyl sites for hydroxylation is 1. The molecule has 1 N–H and O–H groups in total. The molecule has 0 saturated heterocycles. The summed E-state index contributed by atoms with van der Waals surface area (Å²) in [7, 11) is 0. The molecule has 0 saturated carbocycles. The second-order valence-electron chi connectivity index (χ2n) is 4.37. The highest BCUT2D eigenvalue weighted by Gasteiger charge is 2.07. The van der Waals surface area contributed by atoms with Crippen molar-refractivity contribution in [1.29, 1.82) is 0 Å². The zero-order valence-electron chi connectivity index (χ0n) is 11.4. The largest absolute Gasteiger partial charge is 0.312 e. The average molecular weight is 278 g/mol. The van der Waals surface area contributed by atoms with E-state index in [4.69, 9.17) is 0 Å². The molecular formula is C13H25ClFN3. The second-order valence-corrected chi connectivity index (χ2v) is 4.37. The van der Waals surface area contributed by atoms with E-state index in [0.717, 1.165) is 6.54 Å². The van der Waals surface area contributed by atoms with E-state index in [1.165, 1.54) is 36.8 Å². The lowest BCUT2D eigenvalue weighted by atomic mass is 10.1. The van der Waals surface area contributed by atoms with Gasteiger partial charge in [0.2, 0.25) is 5.95 Å². The average Bonchev–Trinajstić information content (AvgIpc) is 2.69. The van der Waals surface area contributed by atoms with Gasteiger partial charge in [-0.25, -0.2) is 4.68 Å². The van der Waals surface area contributed by atoms with Crippen molar-refractivity contribution >= 4 is 12.4 Å². The zero-order valence-corrected chi connectivity index (χ0v) is 12.2. The zero-order chi connectivity index (χ0) is 12.5. The number of hydrogen-bond donors (Lipinski definition) is 1. The first kappa shape index (κ1) is 17.4. The van der Waals surface area contributed by atoms with Gasteiger partial charge >= 0.3 is 0 Å². The van der Waals surface area contributed by atoms with Gasteiger partial charge in [0, 0.05) is 18.7 Å². The van der Waals surface area contributed by atoms with Gasteiger partial charge in [0.1, 0.15) is 0 Å². The van der Waals surface area contributed by atoms with Crippen molar-refractivity contribution in [2.75, 3.05) is 6.54 Å². The SMILES string of the molecule is CCCCCCCNCc1cnn(CC)c1F.Cl. The highest BCUT2D eigenvalue weighted by molar-refractivity contribution is 5.85. The Hall–Kier alpha value is -0.610. The van der Waals surface area contributed by atoms with Crippen molar-refractivity contribution in [2.24, 2.45) is 0 Å². The molecule has 0 aliphatic rings. The van der Waals surface area contributed by atoms with E-state index in [1.54, 1.807) is 6.20 Å². The highest BCUT2D eigenvalue weighted by Crippen LogP contribution is 2.06. The Bertz CT molecular complexity index is 315. The third kappa shape index (κ3) is 5.83. The van der Waals surface area contributed by atoms with Crippen LogP contribution in [0.4, 0.5) is 4.39 Å². The summed E-state index contributed by atoms with van der Waals surface area (Å²) in [6.07, 6.45) is 7.94. The minimum atomic E-state index is -0.203. The first-order valence-electron chi connectivity index (χ1n) is 6.70. The predicted molar refractivity (Wildman–Crippen MR) is 75.6 cm³/mol. The molecule has 0 unspecified atom stereocenters. The summed E-state index contributed by atoms with van der Waals surface area (Å²) in [5.41, 5.74) is 0.667. The van der Waals surface area contributed by atoms with Crippen molar-refractivity contribution in [3.05, 3.63) is 17.7 Å². The minimum Gasteiger partial charge on any atom is -0.312 e. The van der Waals surface area contributed by atoms with Gasteiger partial charge in [0.05, 0.1) is 6.20 Å². The fourth-order valence-corrected chi connectivity index (χ4v) is 1.82. The van der Waals surface area contributed by atoms with Gasteiger partial charge in [0.15, 0.2) is 0 Å². The number of hydrogen-bond acceptors (Lipinski definition) is 2. The molecule has 1 rings (SSSR count).